The molecule has 2 N–H and O–H groups in total. The molecule has 1 aromatic rings. The van der Waals surface area contributed by atoms with Crippen molar-refractivity contribution in [2.24, 2.45) is 0 Å². The van der Waals surface area contributed by atoms with Gasteiger partial charge in [0.2, 0.25) is 0 Å². The molecular formula is C15H23NO2. The number of aliphatic hydroxyl groups excluding tert-OH is 1. The van der Waals surface area contributed by atoms with Gasteiger partial charge in [0.15, 0.2) is 0 Å². The van der Waals surface area contributed by atoms with Gasteiger partial charge in [0, 0.05) is 18.6 Å². The zero-order valence-electron chi connectivity index (χ0n) is 11.1. The second-order valence-corrected chi connectivity index (χ2v) is 5.50. The fraction of sp³-hybridized carbons (Fsp3) is 0.600. The van der Waals surface area contributed by atoms with Crippen LogP contribution in [0.3, 0.4) is 0 Å². The third-order valence-electron chi connectivity index (χ3n) is 4.07. The van der Waals surface area contributed by atoms with Gasteiger partial charge in [0.05, 0.1) is 0 Å². The van der Waals surface area contributed by atoms with Crippen molar-refractivity contribution in [3.63, 3.8) is 0 Å². The third kappa shape index (κ3) is 2.85. The number of hydrogen-bond acceptors (Lipinski definition) is 3. The van der Waals surface area contributed by atoms with Gasteiger partial charge in [-0.05, 0) is 50.6 Å². The maximum absolute atomic E-state index is 9.69. The Kier molecular flexibility index (Phi) is 4.25. The minimum absolute atomic E-state index is 0.0151. The molecule has 1 aliphatic heterocycles. The average molecular weight is 249 g/mol. The van der Waals surface area contributed by atoms with Crippen LogP contribution < -0.4 is 0 Å². The van der Waals surface area contributed by atoms with Gasteiger partial charge < -0.3 is 15.1 Å². The first-order chi connectivity index (χ1) is 8.66. The van der Waals surface area contributed by atoms with Crippen molar-refractivity contribution in [3.8, 4) is 5.75 Å². The van der Waals surface area contributed by atoms with Crippen LogP contribution in [0.4, 0.5) is 0 Å². The molecule has 0 bridgehead atoms. The van der Waals surface area contributed by atoms with E-state index in [-0.39, 0.29) is 12.0 Å². The van der Waals surface area contributed by atoms with Crippen molar-refractivity contribution >= 4 is 0 Å². The summed E-state index contributed by atoms with van der Waals surface area (Å²) in [6.45, 7) is 2.27. The van der Waals surface area contributed by atoms with Crippen molar-refractivity contribution in [1.82, 2.24) is 4.90 Å². The quantitative estimate of drug-likeness (QED) is 0.862. The van der Waals surface area contributed by atoms with Crippen LogP contribution >= 0.6 is 0 Å². The molecule has 1 aromatic carbocycles. The van der Waals surface area contributed by atoms with Gasteiger partial charge in [-0.25, -0.2) is 0 Å². The zero-order valence-corrected chi connectivity index (χ0v) is 11.1. The molecule has 1 heterocycles. The van der Waals surface area contributed by atoms with E-state index in [9.17, 15) is 10.2 Å². The summed E-state index contributed by atoms with van der Waals surface area (Å²) in [7, 11) is 2.14. The molecule has 1 unspecified atom stereocenters. The molecule has 18 heavy (non-hydrogen) atoms. The SMILES string of the molecule is CN1CCCCC(CCO)(c2cccc(O)c2)C1. The van der Waals surface area contributed by atoms with Crippen LogP contribution in [0.15, 0.2) is 24.3 Å². The molecule has 3 heteroatoms. The lowest BCUT2D eigenvalue weighted by Crippen LogP contribution is -2.38. The van der Waals surface area contributed by atoms with Crippen molar-refractivity contribution in [1.29, 1.82) is 0 Å². The monoisotopic (exact) mass is 249 g/mol. The second-order valence-electron chi connectivity index (χ2n) is 5.50. The maximum Gasteiger partial charge on any atom is 0.115 e. The predicted molar refractivity (Wildman–Crippen MR) is 72.8 cm³/mol. The topological polar surface area (TPSA) is 43.7 Å². The summed E-state index contributed by atoms with van der Waals surface area (Å²) >= 11 is 0. The van der Waals surface area contributed by atoms with Crippen LogP contribution in [0.25, 0.3) is 0 Å². The van der Waals surface area contributed by atoms with E-state index in [2.05, 4.69) is 18.0 Å². The minimum atomic E-state index is -0.0151. The summed E-state index contributed by atoms with van der Waals surface area (Å²) in [4.78, 5) is 2.34. The van der Waals surface area contributed by atoms with Crippen molar-refractivity contribution in [2.45, 2.75) is 31.1 Å². The van der Waals surface area contributed by atoms with E-state index in [1.165, 1.54) is 12.8 Å². The lowest BCUT2D eigenvalue weighted by molar-refractivity contribution is 0.194. The Balaban J connectivity index is 2.35. The number of rotatable bonds is 3. The number of hydrogen-bond donors (Lipinski definition) is 2. The lowest BCUT2D eigenvalue weighted by Gasteiger charge is -2.35. The molecule has 2 rings (SSSR count). The molecule has 1 saturated heterocycles. The molecule has 0 spiro atoms. The number of likely N-dealkylation sites (N-methyl/N-ethyl adjacent to an activating group) is 1. The summed E-state index contributed by atoms with van der Waals surface area (Å²) in [5.74, 6) is 0.316. The second kappa shape index (κ2) is 5.72. The van der Waals surface area contributed by atoms with E-state index < -0.39 is 0 Å². The summed E-state index contributed by atoms with van der Waals surface area (Å²) < 4.78 is 0. The molecule has 100 valence electrons. The Morgan fingerprint density at radius 3 is 2.89 bits per heavy atom. The molecule has 0 saturated carbocycles. The van der Waals surface area contributed by atoms with E-state index >= 15 is 0 Å². The number of aromatic hydroxyl groups is 1. The summed E-state index contributed by atoms with van der Waals surface area (Å²) in [5, 5.41) is 19.1. The van der Waals surface area contributed by atoms with Gasteiger partial charge in [-0.2, -0.15) is 0 Å². The highest BCUT2D eigenvalue weighted by atomic mass is 16.3. The van der Waals surface area contributed by atoms with Crippen LogP contribution in [-0.4, -0.2) is 41.9 Å². The maximum atomic E-state index is 9.69. The fourth-order valence-corrected chi connectivity index (χ4v) is 3.15. The first-order valence-corrected chi connectivity index (χ1v) is 6.75. The van der Waals surface area contributed by atoms with Crippen molar-refractivity contribution < 1.29 is 10.2 Å². The van der Waals surface area contributed by atoms with E-state index in [0.29, 0.717) is 5.75 Å². The first kappa shape index (κ1) is 13.4. The van der Waals surface area contributed by atoms with Gasteiger partial charge in [-0.15, -0.1) is 0 Å². The van der Waals surface area contributed by atoms with Gasteiger partial charge >= 0.3 is 0 Å². The number of phenols is 1. The number of nitrogens with zero attached hydrogens (tertiary/aromatic N) is 1. The van der Waals surface area contributed by atoms with E-state index in [4.69, 9.17) is 0 Å². The average Bonchev–Trinajstić information content (AvgIpc) is 2.52. The third-order valence-corrected chi connectivity index (χ3v) is 4.07. The largest absolute Gasteiger partial charge is 0.508 e. The standard InChI is InChI=1S/C15H23NO2/c1-16-9-3-2-7-15(12-16,8-10-17)13-5-4-6-14(18)11-13/h4-6,11,17-18H,2-3,7-10,12H2,1H3. The molecule has 1 aliphatic rings. The van der Waals surface area contributed by atoms with E-state index in [0.717, 1.165) is 31.5 Å². The number of benzene rings is 1. The Labute approximate surface area is 109 Å². The smallest absolute Gasteiger partial charge is 0.115 e. The molecular weight excluding hydrogens is 226 g/mol. The lowest BCUT2D eigenvalue weighted by atomic mass is 9.74. The van der Waals surface area contributed by atoms with Crippen LogP contribution in [0.2, 0.25) is 0 Å². The summed E-state index contributed by atoms with van der Waals surface area (Å²) in [6.07, 6.45) is 4.24. The molecule has 0 amide bonds. The molecule has 1 atom stereocenters. The number of likely N-dealkylation sites (tertiary alicyclic amines) is 1. The number of phenolic OH excluding ortho intramolecular Hbond substituents is 1. The summed E-state index contributed by atoms with van der Waals surface area (Å²) in [6, 6.07) is 7.54. The van der Waals surface area contributed by atoms with Crippen LogP contribution in [0.5, 0.6) is 5.75 Å². The zero-order chi connectivity index (χ0) is 13.0. The predicted octanol–water partition coefficient (Wildman–Crippen LogP) is 2.13. The molecule has 3 nitrogen and oxygen atoms in total. The normalized spacial score (nSPS) is 25.9. The Morgan fingerprint density at radius 1 is 1.33 bits per heavy atom. The van der Waals surface area contributed by atoms with Gasteiger partial charge in [0.25, 0.3) is 0 Å². The van der Waals surface area contributed by atoms with Gasteiger partial charge in [-0.3, -0.25) is 0 Å². The van der Waals surface area contributed by atoms with Crippen LogP contribution in [0, 0.1) is 0 Å². The van der Waals surface area contributed by atoms with E-state index in [1.54, 1.807) is 6.07 Å². The fourth-order valence-electron chi connectivity index (χ4n) is 3.15. The van der Waals surface area contributed by atoms with E-state index in [1.807, 2.05) is 12.1 Å². The van der Waals surface area contributed by atoms with Crippen molar-refractivity contribution in [2.75, 3.05) is 26.7 Å². The van der Waals surface area contributed by atoms with Gasteiger partial charge in [0.1, 0.15) is 5.75 Å². The van der Waals surface area contributed by atoms with Gasteiger partial charge in [-0.1, -0.05) is 18.6 Å². The molecule has 1 fully saturated rings. The van der Waals surface area contributed by atoms with Crippen LogP contribution in [0.1, 0.15) is 31.2 Å². The highest BCUT2D eigenvalue weighted by Gasteiger charge is 2.34. The molecule has 0 aromatic heterocycles. The van der Waals surface area contributed by atoms with Crippen molar-refractivity contribution in [3.05, 3.63) is 29.8 Å². The summed E-state index contributed by atoms with van der Waals surface area (Å²) in [5.41, 5.74) is 1.14. The highest BCUT2D eigenvalue weighted by molar-refractivity contribution is 5.33. The molecule has 0 radical (unpaired) electrons. The Hall–Kier alpha value is -1.06. The minimum Gasteiger partial charge on any atom is -0.508 e. The van der Waals surface area contributed by atoms with Crippen LogP contribution in [-0.2, 0) is 5.41 Å². The Morgan fingerprint density at radius 2 is 2.17 bits per heavy atom. The number of aliphatic hydroxyl groups is 1. The molecule has 0 aliphatic carbocycles. The Bertz CT molecular complexity index is 394. The first-order valence-electron chi connectivity index (χ1n) is 6.75. The highest BCUT2D eigenvalue weighted by Crippen LogP contribution is 2.37.